The zero-order valence-corrected chi connectivity index (χ0v) is 17.9. The third-order valence-corrected chi connectivity index (χ3v) is 6.24. The van der Waals surface area contributed by atoms with Crippen LogP contribution in [0.2, 0.25) is 5.02 Å². The summed E-state index contributed by atoms with van der Waals surface area (Å²) in [6.07, 6.45) is 4.75. The van der Waals surface area contributed by atoms with Crippen molar-refractivity contribution in [2.45, 2.75) is 13.1 Å². The van der Waals surface area contributed by atoms with Crippen molar-refractivity contribution in [3.05, 3.63) is 94.3 Å². The summed E-state index contributed by atoms with van der Waals surface area (Å²) in [5.41, 5.74) is 7.44. The number of nitrogens with zero attached hydrogens (tertiary/aromatic N) is 2. The average molecular weight is 420 g/mol. The first-order chi connectivity index (χ1) is 14.7. The van der Waals surface area contributed by atoms with Gasteiger partial charge in [0, 0.05) is 36.4 Å². The molecule has 3 heterocycles. The molecule has 1 fully saturated rings. The number of fused-ring (bicyclic) bond motifs is 1. The maximum absolute atomic E-state index is 6.15. The minimum Gasteiger partial charge on any atom is -0.379 e. The van der Waals surface area contributed by atoms with Crippen LogP contribution in [0.3, 0.4) is 0 Å². The lowest BCUT2D eigenvalue weighted by atomic mass is 9.96. The molecule has 2 aromatic rings. The van der Waals surface area contributed by atoms with Crippen LogP contribution in [-0.2, 0) is 4.74 Å². The predicted octanol–water partition coefficient (Wildman–Crippen LogP) is 4.57. The second-order valence-corrected chi connectivity index (χ2v) is 8.41. The average Bonchev–Trinajstić information content (AvgIpc) is 3.12. The second-order valence-electron chi connectivity index (χ2n) is 7.97. The highest BCUT2D eigenvalue weighted by molar-refractivity contribution is 6.30. The number of allylic oxidation sites excluding steroid dienone is 2. The second kappa shape index (κ2) is 8.31. The van der Waals surface area contributed by atoms with Gasteiger partial charge in [0.25, 0.3) is 0 Å². The molecule has 0 radical (unpaired) electrons. The predicted molar refractivity (Wildman–Crippen MR) is 123 cm³/mol. The zero-order valence-electron chi connectivity index (χ0n) is 17.1. The third-order valence-electron chi connectivity index (χ3n) is 5.99. The SMILES string of the molecule is CC1=CC2NC(c3ccc(Cl)cc3)=C(CN3CCOCC3)N2C=C1c1ccccc1. The fourth-order valence-electron chi connectivity index (χ4n) is 4.36. The van der Waals surface area contributed by atoms with Gasteiger partial charge in [-0.25, -0.2) is 0 Å². The van der Waals surface area contributed by atoms with Crippen LogP contribution in [0, 0.1) is 0 Å². The molecule has 154 valence electrons. The first-order valence-corrected chi connectivity index (χ1v) is 10.9. The molecular formula is C25H26ClN3O. The fourth-order valence-corrected chi connectivity index (χ4v) is 4.49. The van der Waals surface area contributed by atoms with Crippen molar-refractivity contribution in [3.63, 3.8) is 0 Å². The highest BCUT2D eigenvalue weighted by atomic mass is 35.5. The molecule has 1 N–H and O–H groups in total. The summed E-state index contributed by atoms with van der Waals surface area (Å²) >= 11 is 6.15. The standard InChI is InChI=1S/C25H26ClN3O/c1-18-15-24-27-25(20-7-9-21(26)10-8-20)23(17-28-11-13-30-14-12-28)29(24)16-22(18)19-5-3-2-4-6-19/h2-10,15-16,24,27H,11-14,17H2,1H3. The van der Waals surface area contributed by atoms with Gasteiger partial charge in [-0.1, -0.05) is 54.1 Å². The van der Waals surface area contributed by atoms with E-state index in [9.17, 15) is 0 Å². The molecule has 1 unspecified atom stereocenters. The van der Waals surface area contributed by atoms with Crippen LogP contribution in [0.5, 0.6) is 0 Å². The van der Waals surface area contributed by atoms with Crippen LogP contribution in [0.15, 0.2) is 78.1 Å². The highest BCUT2D eigenvalue weighted by Crippen LogP contribution is 2.37. The Labute approximate surface area is 183 Å². The summed E-state index contributed by atoms with van der Waals surface area (Å²) < 4.78 is 5.56. The number of hydrogen-bond donors (Lipinski definition) is 1. The van der Waals surface area contributed by atoms with Gasteiger partial charge in [-0.05, 0) is 41.8 Å². The van der Waals surface area contributed by atoms with E-state index >= 15 is 0 Å². The van der Waals surface area contributed by atoms with Crippen molar-refractivity contribution in [2.24, 2.45) is 0 Å². The summed E-state index contributed by atoms with van der Waals surface area (Å²) in [5.74, 6) is 0. The van der Waals surface area contributed by atoms with E-state index in [0.29, 0.717) is 0 Å². The van der Waals surface area contributed by atoms with Crippen molar-refractivity contribution < 1.29 is 4.74 Å². The molecule has 0 amide bonds. The van der Waals surface area contributed by atoms with Crippen molar-refractivity contribution in [2.75, 3.05) is 32.8 Å². The van der Waals surface area contributed by atoms with Gasteiger partial charge >= 0.3 is 0 Å². The Morgan fingerprint density at radius 1 is 1.00 bits per heavy atom. The van der Waals surface area contributed by atoms with Crippen molar-refractivity contribution in [3.8, 4) is 0 Å². The molecule has 0 aromatic heterocycles. The summed E-state index contributed by atoms with van der Waals surface area (Å²) in [6, 6.07) is 18.7. The molecule has 0 bridgehead atoms. The van der Waals surface area contributed by atoms with Gasteiger partial charge in [-0.3, -0.25) is 4.90 Å². The Bertz CT molecular complexity index is 1000. The van der Waals surface area contributed by atoms with E-state index < -0.39 is 0 Å². The van der Waals surface area contributed by atoms with Crippen LogP contribution in [0.1, 0.15) is 18.1 Å². The van der Waals surface area contributed by atoms with Crippen molar-refractivity contribution >= 4 is 22.9 Å². The number of rotatable bonds is 4. The van der Waals surface area contributed by atoms with E-state index in [1.165, 1.54) is 28.1 Å². The molecule has 0 saturated carbocycles. The van der Waals surface area contributed by atoms with Crippen LogP contribution < -0.4 is 5.32 Å². The fraction of sp³-hybridized carbons (Fsp3) is 0.280. The monoisotopic (exact) mass is 419 g/mol. The van der Waals surface area contributed by atoms with Gasteiger partial charge in [0.2, 0.25) is 0 Å². The number of morpholine rings is 1. The molecule has 0 aliphatic carbocycles. The van der Waals surface area contributed by atoms with Gasteiger partial charge in [0.1, 0.15) is 6.17 Å². The lowest BCUT2D eigenvalue weighted by Crippen LogP contribution is -2.41. The van der Waals surface area contributed by atoms with Crippen molar-refractivity contribution in [1.82, 2.24) is 15.1 Å². The van der Waals surface area contributed by atoms with E-state index in [4.69, 9.17) is 16.3 Å². The van der Waals surface area contributed by atoms with Gasteiger partial charge in [0.05, 0.1) is 24.6 Å². The van der Waals surface area contributed by atoms with Crippen LogP contribution in [-0.4, -0.2) is 48.8 Å². The van der Waals surface area contributed by atoms with E-state index in [0.717, 1.165) is 43.4 Å². The van der Waals surface area contributed by atoms with Crippen LogP contribution in [0.25, 0.3) is 11.3 Å². The lowest BCUT2D eigenvalue weighted by molar-refractivity contribution is 0.0401. The smallest absolute Gasteiger partial charge is 0.123 e. The number of nitrogens with one attached hydrogen (secondary N) is 1. The number of ether oxygens (including phenoxy) is 1. The molecule has 3 aliphatic rings. The van der Waals surface area contributed by atoms with Crippen LogP contribution >= 0.6 is 11.6 Å². The van der Waals surface area contributed by atoms with Gasteiger partial charge in [-0.2, -0.15) is 0 Å². The Balaban J connectivity index is 1.55. The first kappa shape index (κ1) is 19.4. The van der Waals surface area contributed by atoms with E-state index in [1.807, 2.05) is 12.1 Å². The summed E-state index contributed by atoms with van der Waals surface area (Å²) in [4.78, 5) is 4.87. The molecule has 3 aliphatic heterocycles. The number of hydrogen-bond acceptors (Lipinski definition) is 4. The molecule has 30 heavy (non-hydrogen) atoms. The molecule has 0 spiro atoms. The number of benzene rings is 2. The highest BCUT2D eigenvalue weighted by Gasteiger charge is 2.33. The molecule has 2 aromatic carbocycles. The Morgan fingerprint density at radius 2 is 1.73 bits per heavy atom. The quantitative estimate of drug-likeness (QED) is 0.785. The molecule has 1 saturated heterocycles. The van der Waals surface area contributed by atoms with E-state index in [-0.39, 0.29) is 6.17 Å². The summed E-state index contributed by atoms with van der Waals surface area (Å²) in [6.45, 7) is 6.59. The maximum Gasteiger partial charge on any atom is 0.123 e. The van der Waals surface area contributed by atoms with Crippen LogP contribution in [0.4, 0.5) is 0 Å². The van der Waals surface area contributed by atoms with Crippen molar-refractivity contribution in [1.29, 1.82) is 0 Å². The maximum atomic E-state index is 6.15. The van der Waals surface area contributed by atoms with E-state index in [1.54, 1.807) is 0 Å². The molecule has 4 nitrogen and oxygen atoms in total. The zero-order chi connectivity index (χ0) is 20.5. The van der Waals surface area contributed by atoms with Gasteiger partial charge in [0.15, 0.2) is 0 Å². The topological polar surface area (TPSA) is 27.7 Å². The Hall–Kier alpha value is -2.53. The first-order valence-electron chi connectivity index (χ1n) is 10.5. The molecule has 5 heteroatoms. The third kappa shape index (κ3) is 3.79. The summed E-state index contributed by atoms with van der Waals surface area (Å²) in [5, 5.41) is 4.51. The lowest BCUT2D eigenvalue weighted by Gasteiger charge is -2.33. The van der Waals surface area contributed by atoms with Gasteiger partial charge in [-0.15, -0.1) is 0 Å². The summed E-state index contributed by atoms with van der Waals surface area (Å²) in [7, 11) is 0. The molecule has 1 atom stereocenters. The minimum absolute atomic E-state index is 0.124. The largest absolute Gasteiger partial charge is 0.379 e. The normalized spacial score (nSPS) is 21.8. The van der Waals surface area contributed by atoms with E-state index in [2.05, 4.69) is 76.8 Å². The minimum atomic E-state index is 0.124. The Kier molecular flexibility index (Phi) is 5.38. The van der Waals surface area contributed by atoms with Gasteiger partial charge < -0.3 is 15.0 Å². The molecule has 5 rings (SSSR count). The Morgan fingerprint density at radius 3 is 2.47 bits per heavy atom. The molecular weight excluding hydrogens is 394 g/mol. The number of halogens is 1.